The lowest BCUT2D eigenvalue weighted by atomic mass is 10.1. The molecular weight excluding hydrogens is 199 g/mol. The third-order valence-electron chi connectivity index (χ3n) is 2.87. The van der Waals surface area contributed by atoms with Gasteiger partial charge in [0.15, 0.2) is 0 Å². The molecule has 0 saturated heterocycles. The summed E-state index contributed by atoms with van der Waals surface area (Å²) in [7, 11) is 0.0489. The number of rotatable bonds is 3. The highest BCUT2D eigenvalue weighted by Gasteiger charge is 2.08. The fraction of sp³-hybridized carbons (Fsp3) is 0.286. The van der Waals surface area contributed by atoms with E-state index in [-0.39, 0.29) is 7.92 Å². The maximum atomic E-state index is 2.31. The molecule has 2 rings (SSSR count). The van der Waals surface area contributed by atoms with E-state index in [1.54, 1.807) is 5.30 Å². The monoisotopic (exact) mass is 216 g/mol. The molecule has 1 heteroatoms. The van der Waals surface area contributed by atoms with Crippen molar-refractivity contribution in [1.82, 2.24) is 0 Å². The molecule has 0 aliphatic rings. The van der Waals surface area contributed by atoms with E-state index in [0.29, 0.717) is 0 Å². The molecule has 0 unspecified atom stereocenters. The Hall–Kier alpha value is -0.870. The SMILES string of the molecule is CCP(CC)c1cccc2ccccc12. The minimum Gasteiger partial charge on any atom is -0.0752 e. The highest BCUT2D eigenvalue weighted by Crippen LogP contribution is 2.35. The van der Waals surface area contributed by atoms with Crippen LogP contribution in [-0.2, 0) is 0 Å². The van der Waals surface area contributed by atoms with Crippen LogP contribution in [0.25, 0.3) is 10.8 Å². The summed E-state index contributed by atoms with van der Waals surface area (Å²) in [5.41, 5.74) is 0. The van der Waals surface area contributed by atoms with Gasteiger partial charge in [0.25, 0.3) is 0 Å². The molecule has 0 N–H and O–H groups in total. The number of benzene rings is 2. The number of fused-ring (bicyclic) bond motifs is 1. The van der Waals surface area contributed by atoms with Crippen molar-refractivity contribution in [1.29, 1.82) is 0 Å². The van der Waals surface area contributed by atoms with Crippen molar-refractivity contribution in [2.24, 2.45) is 0 Å². The molecule has 0 nitrogen and oxygen atoms in total. The van der Waals surface area contributed by atoms with Crippen LogP contribution in [0.3, 0.4) is 0 Å². The summed E-state index contributed by atoms with van der Waals surface area (Å²) in [5, 5.41) is 4.41. The zero-order valence-corrected chi connectivity index (χ0v) is 10.3. The lowest BCUT2D eigenvalue weighted by Gasteiger charge is -2.16. The zero-order valence-electron chi connectivity index (χ0n) is 9.40. The average Bonchev–Trinajstić information content (AvgIpc) is 2.31. The van der Waals surface area contributed by atoms with Crippen LogP contribution in [0.2, 0.25) is 0 Å². The molecule has 0 aliphatic heterocycles. The molecule has 0 radical (unpaired) electrons. The van der Waals surface area contributed by atoms with Crippen molar-refractivity contribution in [3.8, 4) is 0 Å². The molecule has 2 aromatic carbocycles. The smallest absolute Gasteiger partial charge is 0.0107 e. The van der Waals surface area contributed by atoms with Crippen LogP contribution in [0.1, 0.15) is 13.8 Å². The van der Waals surface area contributed by atoms with Crippen LogP contribution in [0.5, 0.6) is 0 Å². The molecule has 0 amide bonds. The fourth-order valence-electron chi connectivity index (χ4n) is 2.05. The summed E-state index contributed by atoms with van der Waals surface area (Å²) in [6, 6.07) is 15.4. The topological polar surface area (TPSA) is 0 Å². The second kappa shape index (κ2) is 4.77. The van der Waals surface area contributed by atoms with Gasteiger partial charge in [0.2, 0.25) is 0 Å². The largest absolute Gasteiger partial charge is 0.0752 e. The first kappa shape index (κ1) is 10.6. The molecule has 2 aromatic rings. The fourth-order valence-corrected chi connectivity index (χ4v) is 4.02. The Kier molecular flexibility index (Phi) is 3.38. The van der Waals surface area contributed by atoms with Gasteiger partial charge in [0.05, 0.1) is 0 Å². The van der Waals surface area contributed by atoms with Crippen molar-refractivity contribution in [3.63, 3.8) is 0 Å². The quantitative estimate of drug-likeness (QED) is 0.680. The summed E-state index contributed by atoms with van der Waals surface area (Å²) < 4.78 is 0. The molecule has 0 aliphatic carbocycles. The summed E-state index contributed by atoms with van der Waals surface area (Å²) >= 11 is 0. The Morgan fingerprint density at radius 3 is 2.27 bits per heavy atom. The molecular formula is C14H17P. The number of hydrogen-bond acceptors (Lipinski definition) is 0. The molecule has 0 saturated carbocycles. The Labute approximate surface area is 93.1 Å². The first-order valence-corrected chi connectivity index (χ1v) is 7.30. The van der Waals surface area contributed by atoms with Gasteiger partial charge in [-0.25, -0.2) is 0 Å². The summed E-state index contributed by atoms with van der Waals surface area (Å²) in [5.74, 6) is 0. The minimum absolute atomic E-state index is 0.0489. The van der Waals surface area contributed by atoms with E-state index in [9.17, 15) is 0 Å². The van der Waals surface area contributed by atoms with Gasteiger partial charge in [-0.15, -0.1) is 0 Å². The first-order valence-electron chi connectivity index (χ1n) is 5.59. The Bertz CT molecular complexity index is 439. The molecule has 0 heterocycles. The predicted octanol–water partition coefficient (Wildman–Crippen LogP) is 3.99. The summed E-state index contributed by atoms with van der Waals surface area (Å²) in [6.45, 7) is 4.61. The summed E-state index contributed by atoms with van der Waals surface area (Å²) in [4.78, 5) is 0. The normalized spacial score (nSPS) is 11.1. The Balaban J connectivity index is 2.59. The molecule has 0 fully saturated rings. The molecule has 0 bridgehead atoms. The van der Waals surface area contributed by atoms with Gasteiger partial charge in [0.1, 0.15) is 0 Å². The Morgan fingerprint density at radius 2 is 1.53 bits per heavy atom. The Morgan fingerprint density at radius 1 is 0.867 bits per heavy atom. The van der Waals surface area contributed by atoms with Crippen LogP contribution >= 0.6 is 7.92 Å². The highest BCUT2D eigenvalue weighted by atomic mass is 31.1. The molecule has 78 valence electrons. The molecule has 15 heavy (non-hydrogen) atoms. The van der Waals surface area contributed by atoms with Gasteiger partial charge in [-0.2, -0.15) is 0 Å². The first-order chi connectivity index (χ1) is 7.36. The maximum Gasteiger partial charge on any atom is -0.0107 e. The highest BCUT2D eigenvalue weighted by molar-refractivity contribution is 7.66. The van der Waals surface area contributed by atoms with E-state index in [1.165, 1.54) is 23.1 Å². The maximum absolute atomic E-state index is 2.31. The minimum atomic E-state index is 0.0489. The predicted molar refractivity (Wildman–Crippen MR) is 71.6 cm³/mol. The van der Waals surface area contributed by atoms with Gasteiger partial charge in [-0.3, -0.25) is 0 Å². The van der Waals surface area contributed by atoms with Crippen molar-refractivity contribution < 1.29 is 0 Å². The second-order valence-corrected chi connectivity index (χ2v) is 6.50. The third-order valence-corrected chi connectivity index (χ3v) is 5.47. The van der Waals surface area contributed by atoms with Gasteiger partial charge >= 0.3 is 0 Å². The van der Waals surface area contributed by atoms with E-state index >= 15 is 0 Å². The van der Waals surface area contributed by atoms with Gasteiger partial charge < -0.3 is 0 Å². The van der Waals surface area contributed by atoms with Crippen molar-refractivity contribution in [2.45, 2.75) is 13.8 Å². The van der Waals surface area contributed by atoms with Crippen LogP contribution in [-0.4, -0.2) is 12.3 Å². The van der Waals surface area contributed by atoms with Crippen LogP contribution in [0.4, 0.5) is 0 Å². The zero-order chi connectivity index (χ0) is 10.7. The molecule has 0 spiro atoms. The van der Waals surface area contributed by atoms with E-state index in [1.807, 2.05) is 0 Å². The molecule has 0 atom stereocenters. The van der Waals surface area contributed by atoms with Gasteiger partial charge in [-0.05, 0) is 28.4 Å². The van der Waals surface area contributed by atoms with Crippen molar-refractivity contribution in [3.05, 3.63) is 42.5 Å². The van der Waals surface area contributed by atoms with E-state index in [4.69, 9.17) is 0 Å². The molecule has 0 aromatic heterocycles. The van der Waals surface area contributed by atoms with E-state index in [2.05, 4.69) is 56.3 Å². The lowest BCUT2D eigenvalue weighted by molar-refractivity contribution is 1.42. The summed E-state index contributed by atoms with van der Waals surface area (Å²) in [6.07, 6.45) is 2.58. The standard InChI is InChI=1S/C14H17P/c1-3-15(4-2)14-11-7-9-12-8-5-6-10-13(12)14/h5-11H,3-4H2,1-2H3. The van der Waals surface area contributed by atoms with Crippen LogP contribution in [0, 0.1) is 0 Å². The van der Waals surface area contributed by atoms with E-state index < -0.39 is 0 Å². The van der Waals surface area contributed by atoms with Gasteiger partial charge in [-0.1, -0.05) is 64.2 Å². The van der Waals surface area contributed by atoms with Crippen molar-refractivity contribution in [2.75, 3.05) is 12.3 Å². The lowest BCUT2D eigenvalue weighted by Crippen LogP contribution is -2.05. The number of hydrogen-bond donors (Lipinski definition) is 0. The van der Waals surface area contributed by atoms with Gasteiger partial charge in [0, 0.05) is 0 Å². The average molecular weight is 216 g/mol. The van der Waals surface area contributed by atoms with Crippen molar-refractivity contribution >= 4 is 24.0 Å². The third kappa shape index (κ3) is 2.06. The second-order valence-electron chi connectivity index (χ2n) is 3.67. The van der Waals surface area contributed by atoms with E-state index in [0.717, 1.165) is 0 Å². The van der Waals surface area contributed by atoms with Crippen LogP contribution < -0.4 is 5.30 Å². The van der Waals surface area contributed by atoms with Crippen LogP contribution in [0.15, 0.2) is 42.5 Å².